The molecule has 102 valence electrons. The Balaban J connectivity index is 2.20. The van der Waals surface area contributed by atoms with E-state index in [-0.39, 0.29) is 17.3 Å². The molecule has 0 aliphatic heterocycles. The van der Waals surface area contributed by atoms with Crippen LogP contribution < -0.4 is 4.74 Å². The van der Waals surface area contributed by atoms with Crippen LogP contribution in [0.4, 0.5) is 0 Å². The highest BCUT2D eigenvalue weighted by Gasteiger charge is 2.24. The lowest BCUT2D eigenvalue weighted by Gasteiger charge is -2.17. The molecular weight excluding hydrogens is 260 g/mol. The zero-order chi connectivity index (χ0) is 13.8. The second-order valence-corrected chi connectivity index (χ2v) is 5.66. The molecule has 1 atom stereocenters. The van der Waals surface area contributed by atoms with Gasteiger partial charge in [-0.05, 0) is 62.5 Å². The van der Waals surface area contributed by atoms with Gasteiger partial charge in [-0.2, -0.15) is 0 Å². The summed E-state index contributed by atoms with van der Waals surface area (Å²) in [6, 6.07) is 7.80. The number of halogens is 1. The fraction of sp³-hybridized carbons (Fsp3) is 0.438. The summed E-state index contributed by atoms with van der Waals surface area (Å²) in [6.07, 6.45) is 4.66. The highest BCUT2D eigenvalue weighted by molar-refractivity contribution is 6.34. The van der Waals surface area contributed by atoms with Gasteiger partial charge in [0.05, 0.1) is 11.5 Å². The van der Waals surface area contributed by atoms with Gasteiger partial charge in [0, 0.05) is 0 Å². The third kappa shape index (κ3) is 3.84. The predicted molar refractivity (Wildman–Crippen MR) is 78.7 cm³/mol. The zero-order valence-corrected chi connectivity index (χ0v) is 12.1. The van der Waals surface area contributed by atoms with Gasteiger partial charge >= 0.3 is 0 Å². The molecule has 1 fully saturated rings. The third-order valence-corrected chi connectivity index (χ3v) is 3.49. The van der Waals surface area contributed by atoms with E-state index in [0.717, 1.165) is 36.1 Å². The van der Waals surface area contributed by atoms with Gasteiger partial charge in [-0.3, -0.25) is 4.79 Å². The van der Waals surface area contributed by atoms with Crippen LogP contribution in [0, 0.1) is 0 Å². The van der Waals surface area contributed by atoms with Crippen LogP contribution in [-0.4, -0.2) is 17.3 Å². The smallest absolute Gasteiger partial charge is 0.176 e. The summed E-state index contributed by atoms with van der Waals surface area (Å²) in [4.78, 5) is 12.0. The SMILES string of the molecule is CC(C)Oc1cccc(C=C2CCCC(Cl)C2=O)c1. The van der Waals surface area contributed by atoms with E-state index in [1.807, 2.05) is 44.2 Å². The first-order valence-electron chi connectivity index (χ1n) is 6.72. The Bertz CT molecular complexity index is 491. The van der Waals surface area contributed by atoms with Crippen LogP contribution in [0.25, 0.3) is 6.08 Å². The standard InChI is InChI=1S/C16H19ClO2/c1-11(2)19-14-7-3-5-12(10-14)9-13-6-4-8-15(17)16(13)18/h3,5,7,9-11,15H,4,6,8H2,1-2H3. The first-order valence-corrected chi connectivity index (χ1v) is 7.15. The number of ketones is 1. The zero-order valence-electron chi connectivity index (χ0n) is 11.4. The van der Waals surface area contributed by atoms with Gasteiger partial charge < -0.3 is 4.74 Å². The quantitative estimate of drug-likeness (QED) is 0.611. The predicted octanol–water partition coefficient (Wildman–Crippen LogP) is 4.22. The lowest BCUT2D eigenvalue weighted by atomic mass is 9.91. The summed E-state index contributed by atoms with van der Waals surface area (Å²) < 4.78 is 5.65. The second kappa shape index (κ2) is 6.25. The highest BCUT2D eigenvalue weighted by Crippen LogP contribution is 2.26. The Kier molecular flexibility index (Phi) is 4.65. The molecule has 19 heavy (non-hydrogen) atoms. The molecule has 2 nitrogen and oxygen atoms in total. The maximum absolute atomic E-state index is 12.0. The minimum absolute atomic E-state index is 0.0723. The molecule has 1 aliphatic rings. The number of carbonyl (C=O) groups excluding carboxylic acids is 1. The Hall–Kier alpha value is -1.28. The maximum Gasteiger partial charge on any atom is 0.176 e. The minimum atomic E-state index is -0.352. The van der Waals surface area contributed by atoms with E-state index in [1.165, 1.54) is 0 Å². The number of Topliss-reactive ketones (excluding diaryl/α,β-unsaturated/α-hetero) is 1. The molecule has 0 heterocycles. The molecule has 0 N–H and O–H groups in total. The van der Waals surface area contributed by atoms with Crippen molar-refractivity contribution in [3.8, 4) is 5.75 Å². The lowest BCUT2D eigenvalue weighted by molar-refractivity contribution is -0.116. The van der Waals surface area contributed by atoms with Crippen molar-refractivity contribution >= 4 is 23.5 Å². The van der Waals surface area contributed by atoms with Gasteiger partial charge in [0.2, 0.25) is 0 Å². The van der Waals surface area contributed by atoms with E-state index in [0.29, 0.717) is 0 Å². The van der Waals surface area contributed by atoms with Crippen LogP contribution in [0.2, 0.25) is 0 Å². The summed E-state index contributed by atoms with van der Waals surface area (Å²) >= 11 is 6.01. The third-order valence-electron chi connectivity index (χ3n) is 3.08. The summed E-state index contributed by atoms with van der Waals surface area (Å²) in [5.74, 6) is 0.901. The van der Waals surface area contributed by atoms with E-state index < -0.39 is 0 Å². The number of benzene rings is 1. The fourth-order valence-corrected chi connectivity index (χ4v) is 2.52. The van der Waals surface area contributed by atoms with Gasteiger partial charge in [-0.15, -0.1) is 11.6 Å². The Morgan fingerprint density at radius 1 is 1.42 bits per heavy atom. The molecule has 0 saturated heterocycles. The van der Waals surface area contributed by atoms with E-state index in [4.69, 9.17) is 16.3 Å². The van der Waals surface area contributed by atoms with Crippen molar-refractivity contribution in [3.63, 3.8) is 0 Å². The van der Waals surface area contributed by atoms with Gasteiger partial charge in [0.25, 0.3) is 0 Å². The monoisotopic (exact) mass is 278 g/mol. The number of hydrogen-bond acceptors (Lipinski definition) is 2. The van der Waals surface area contributed by atoms with Crippen LogP contribution in [0.5, 0.6) is 5.75 Å². The topological polar surface area (TPSA) is 26.3 Å². The van der Waals surface area contributed by atoms with Crippen molar-refractivity contribution in [1.82, 2.24) is 0 Å². The number of allylic oxidation sites excluding steroid dienone is 1. The summed E-state index contributed by atoms with van der Waals surface area (Å²) in [6.45, 7) is 3.99. The molecule has 0 aromatic heterocycles. The molecule has 2 rings (SSSR count). The number of carbonyl (C=O) groups is 1. The van der Waals surface area contributed by atoms with Crippen LogP contribution >= 0.6 is 11.6 Å². The maximum atomic E-state index is 12.0. The van der Waals surface area contributed by atoms with Crippen molar-refractivity contribution in [2.75, 3.05) is 0 Å². The summed E-state index contributed by atoms with van der Waals surface area (Å²) in [7, 11) is 0. The molecule has 3 heteroatoms. The van der Waals surface area contributed by atoms with Crippen molar-refractivity contribution in [1.29, 1.82) is 0 Å². The molecule has 0 bridgehead atoms. The van der Waals surface area contributed by atoms with E-state index >= 15 is 0 Å². The molecule has 1 aromatic carbocycles. The highest BCUT2D eigenvalue weighted by atomic mass is 35.5. The first kappa shape index (κ1) is 14.1. The summed E-state index contributed by atoms with van der Waals surface area (Å²) in [5.41, 5.74) is 1.82. The van der Waals surface area contributed by atoms with Crippen LogP contribution in [0.1, 0.15) is 38.7 Å². The van der Waals surface area contributed by atoms with Gasteiger partial charge in [0.1, 0.15) is 5.75 Å². The molecular formula is C16H19ClO2. The van der Waals surface area contributed by atoms with Crippen molar-refractivity contribution < 1.29 is 9.53 Å². The molecule has 1 aliphatic carbocycles. The molecule has 0 spiro atoms. The van der Waals surface area contributed by atoms with Crippen molar-refractivity contribution in [2.24, 2.45) is 0 Å². The van der Waals surface area contributed by atoms with E-state index in [9.17, 15) is 4.79 Å². The van der Waals surface area contributed by atoms with E-state index in [2.05, 4.69) is 0 Å². The molecule has 0 amide bonds. The number of hydrogen-bond donors (Lipinski definition) is 0. The number of rotatable bonds is 3. The lowest BCUT2D eigenvalue weighted by Crippen LogP contribution is -2.21. The van der Waals surface area contributed by atoms with Gasteiger partial charge in [-0.25, -0.2) is 0 Å². The van der Waals surface area contributed by atoms with Crippen LogP contribution in [0.15, 0.2) is 29.8 Å². The average Bonchev–Trinajstić information content (AvgIpc) is 2.35. The molecule has 1 saturated carbocycles. The average molecular weight is 279 g/mol. The fourth-order valence-electron chi connectivity index (χ4n) is 2.22. The largest absolute Gasteiger partial charge is 0.491 e. The number of ether oxygens (including phenoxy) is 1. The van der Waals surface area contributed by atoms with Gasteiger partial charge in [0.15, 0.2) is 5.78 Å². The molecule has 0 radical (unpaired) electrons. The Morgan fingerprint density at radius 2 is 2.21 bits per heavy atom. The van der Waals surface area contributed by atoms with Crippen molar-refractivity contribution in [3.05, 3.63) is 35.4 Å². The minimum Gasteiger partial charge on any atom is -0.491 e. The normalized spacial score (nSPS) is 22.0. The Labute approximate surface area is 119 Å². The van der Waals surface area contributed by atoms with E-state index in [1.54, 1.807) is 0 Å². The van der Waals surface area contributed by atoms with Crippen molar-refractivity contribution in [2.45, 2.75) is 44.6 Å². The Morgan fingerprint density at radius 3 is 2.95 bits per heavy atom. The first-order chi connectivity index (χ1) is 9.06. The molecule has 1 aromatic rings. The van der Waals surface area contributed by atoms with Crippen LogP contribution in [-0.2, 0) is 4.79 Å². The van der Waals surface area contributed by atoms with Gasteiger partial charge in [-0.1, -0.05) is 12.1 Å². The van der Waals surface area contributed by atoms with Crippen LogP contribution in [0.3, 0.4) is 0 Å². The molecule has 1 unspecified atom stereocenters. The second-order valence-electron chi connectivity index (χ2n) is 5.13. The number of alkyl halides is 1. The summed E-state index contributed by atoms with van der Waals surface area (Å²) in [5, 5.41) is -0.352.